The SMILES string of the molecule is Cc1cc(S(=O)(=O)NN2CCOCC2)sc1CN. The minimum Gasteiger partial charge on any atom is -0.379 e. The molecule has 6 nitrogen and oxygen atoms in total. The maximum Gasteiger partial charge on any atom is 0.262 e. The van der Waals surface area contributed by atoms with Crippen LogP contribution in [0.3, 0.4) is 0 Å². The fourth-order valence-corrected chi connectivity index (χ4v) is 4.27. The van der Waals surface area contributed by atoms with E-state index >= 15 is 0 Å². The summed E-state index contributed by atoms with van der Waals surface area (Å²) < 4.78 is 29.8. The maximum absolute atomic E-state index is 12.2. The molecule has 0 amide bonds. The molecule has 1 aliphatic rings. The summed E-state index contributed by atoms with van der Waals surface area (Å²) in [6.07, 6.45) is 0. The first-order valence-corrected chi connectivity index (χ1v) is 7.97. The van der Waals surface area contributed by atoms with Gasteiger partial charge < -0.3 is 10.5 Å². The van der Waals surface area contributed by atoms with E-state index in [4.69, 9.17) is 10.5 Å². The Labute approximate surface area is 111 Å². The second kappa shape index (κ2) is 5.64. The number of hydrazine groups is 1. The van der Waals surface area contributed by atoms with Crippen LogP contribution in [0, 0.1) is 6.92 Å². The summed E-state index contributed by atoms with van der Waals surface area (Å²) in [5.41, 5.74) is 6.48. The number of nitrogens with two attached hydrogens (primary N) is 1. The largest absolute Gasteiger partial charge is 0.379 e. The van der Waals surface area contributed by atoms with Crippen LogP contribution in [0.1, 0.15) is 10.4 Å². The van der Waals surface area contributed by atoms with Crippen molar-refractivity contribution in [3.8, 4) is 0 Å². The van der Waals surface area contributed by atoms with Gasteiger partial charge in [-0.05, 0) is 18.6 Å². The third-order valence-corrected chi connectivity index (χ3v) is 5.82. The van der Waals surface area contributed by atoms with Crippen molar-refractivity contribution in [2.75, 3.05) is 26.3 Å². The van der Waals surface area contributed by atoms with Gasteiger partial charge in [-0.25, -0.2) is 13.4 Å². The summed E-state index contributed by atoms with van der Waals surface area (Å²) in [5.74, 6) is 0. The normalized spacial score (nSPS) is 18.1. The number of ether oxygens (including phenoxy) is 1. The van der Waals surface area contributed by atoms with Gasteiger partial charge in [-0.1, -0.05) is 0 Å². The van der Waals surface area contributed by atoms with Crippen LogP contribution in [0.4, 0.5) is 0 Å². The Bertz CT molecular complexity index is 506. The van der Waals surface area contributed by atoms with Gasteiger partial charge in [0, 0.05) is 24.5 Å². The Morgan fingerprint density at radius 3 is 2.72 bits per heavy atom. The third-order valence-electron chi connectivity index (χ3n) is 2.71. The summed E-state index contributed by atoms with van der Waals surface area (Å²) >= 11 is 1.22. The van der Waals surface area contributed by atoms with Crippen molar-refractivity contribution in [1.82, 2.24) is 9.84 Å². The molecule has 0 aliphatic carbocycles. The molecular formula is C10H17N3O3S2. The average molecular weight is 291 g/mol. The van der Waals surface area contributed by atoms with Crippen LogP contribution in [0.5, 0.6) is 0 Å². The molecule has 102 valence electrons. The van der Waals surface area contributed by atoms with E-state index in [1.165, 1.54) is 11.3 Å². The number of hydrogen-bond acceptors (Lipinski definition) is 6. The molecule has 1 fully saturated rings. The van der Waals surface area contributed by atoms with E-state index in [-0.39, 0.29) is 0 Å². The smallest absolute Gasteiger partial charge is 0.262 e. The first-order valence-electron chi connectivity index (χ1n) is 5.67. The van der Waals surface area contributed by atoms with Crippen molar-refractivity contribution < 1.29 is 13.2 Å². The van der Waals surface area contributed by atoms with Crippen molar-refractivity contribution in [3.63, 3.8) is 0 Å². The molecule has 0 unspecified atom stereocenters. The van der Waals surface area contributed by atoms with E-state index in [0.717, 1.165) is 10.4 Å². The highest BCUT2D eigenvalue weighted by molar-refractivity contribution is 7.91. The molecule has 0 aromatic carbocycles. The van der Waals surface area contributed by atoms with E-state index in [1.807, 2.05) is 6.92 Å². The van der Waals surface area contributed by atoms with Gasteiger partial charge in [-0.3, -0.25) is 0 Å². The third kappa shape index (κ3) is 3.08. The molecule has 1 aliphatic heterocycles. The number of rotatable bonds is 4. The highest BCUT2D eigenvalue weighted by Gasteiger charge is 2.22. The lowest BCUT2D eigenvalue weighted by Gasteiger charge is -2.26. The summed E-state index contributed by atoms with van der Waals surface area (Å²) in [7, 11) is -3.49. The lowest BCUT2D eigenvalue weighted by molar-refractivity contribution is 0.0272. The summed E-state index contributed by atoms with van der Waals surface area (Å²) in [5, 5.41) is 1.66. The van der Waals surface area contributed by atoms with Gasteiger partial charge in [0.25, 0.3) is 10.0 Å². The lowest BCUT2D eigenvalue weighted by atomic mass is 10.3. The number of morpholine rings is 1. The van der Waals surface area contributed by atoms with Gasteiger partial charge in [0.2, 0.25) is 0 Å². The van der Waals surface area contributed by atoms with Gasteiger partial charge in [0.1, 0.15) is 4.21 Å². The molecule has 2 rings (SSSR count). The average Bonchev–Trinajstić information content (AvgIpc) is 2.72. The predicted molar refractivity (Wildman–Crippen MR) is 69.7 cm³/mol. The van der Waals surface area contributed by atoms with Crippen molar-refractivity contribution in [2.24, 2.45) is 5.73 Å². The minimum atomic E-state index is -3.49. The first kappa shape index (κ1) is 13.9. The van der Waals surface area contributed by atoms with Crippen LogP contribution in [0.2, 0.25) is 0 Å². The van der Waals surface area contributed by atoms with E-state index in [0.29, 0.717) is 37.1 Å². The number of hydrogen-bond donors (Lipinski definition) is 2. The number of sulfonamides is 1. The Morgan fingerprint density at radius 1 is 1.50 bits per heavy atom. The molecule has 0 atom stereocenters. The monoisotopic (exact) mass is 291 g/mol. The zero-order chi connectivity index (χ0) is 13.2. The molecule has 18 heavy (non-hydrogen) atoms. The maximum atomic E-state index is 12.2. The number of aryl methyl sites for hydroxylation is 1. The molecule has 0 spiro atoms. The Hall–Kier alpha value is -0.510. The van der Waals surface area contributed by atoms with Crippen LogP contribution >= 0.6 is 11.3 Å². The molecule has 1 aromatic rings. The van der Waals surface area contributed by atoms with Gasteiger partial charge >= 0.3 is 0 Å². The van der Waals surface area contributed by atoms with Crippen LogP contribution < -0.4 is 10.6 Å². The molecule has 3 N–H and O–H groups in total. The van der Waals surface area contributed by atoms with Crippen molar-refractivity contribution >= 4 is 21.4 Å². The van der Waals surface area contributed by atoms with Gasteiger partial charge in [0.05, 0.1) is 13.2 Å². The fourth-order valence-electron chi connectivity index (χ4n) is 1.69. The second-order valence-electron chi connectivity index (χ2n) is 4.07. The molecule has 8 heteroatoms. The Kier molecular flexibility index (Phi) is 4.36. The highest BCUT2D eigenvalue weighted by atomic mass is 32.2. The molecule has 1 saturated heterocycles. The topological polar surface area (TPSA) is 84.7 Å². The van der Waals surface area contributed by atoms with E-state index in [1.54, 1.807) is 11.1 Å². The number of nitrogens with zero attached hydrogens (tertiary/aromatic N) is 1. The summed E-state index contributed by atoms with van der Waals surface area (Å²) in [4.78, 5) is 3.47. The van der Waals surface area contributed by atoms with Gasteiger partial charge in [-0.15, -0.1) is 16.2 Å². The summed E-state index contributed by atoms with van der Waals surface area (Å²) in [6.45, 7) is 4.44. The number of nitrogens with one attached hydrogen (secondary N) is 1. The first-order chi connectivity index (χ1) is 8.53. The molecule has 2 heterocycles. The van der Waals surface area contributed by atoms with Crippen LogP contribution in [0.15, 0.2) is 10.3 Å². The minimum absolute atomic E-state index is 0.312. The molecule has 0 radical (unpaired) electrons. The zero-order valence-corrected chi connectivity index (χ0v) is 11.8. The van der Waals surface area contributed by atoms with E-state index in [9.17, 15) is 8.42 Å². The Balaban J connectivity index is 2.13. The zero-order valence-electron chi connectivity index (χ0n) is 10.2. The van der Waals surface area contributed by atoms with Crippen LogP contribution in [-0.4, -0.2) is 39.7 Å². The second-order valence-corrected chi connectivity index (χ2v) is 7.09. The van der Waals surface area contributed by atoms with E-state index in [2.05, 4.69) is 4.83 Å². The highest BCUT2D eigenvalue weighted by Crippen LogP contribution is 2.25. The summed E-state index contributed by atoms with van der Waals surface area (Å²) in [6, 6.07) is 1.66. The molecular weight excluding hydrogens is 274 g/mol. The Morgan fingerprint density at radius 2 is 2.17 bits per heavy atom. The molecule has 0 saturated carbocycles. The van der Waals surface area contributed by atoms with Crippen molar-refractivity contribution in [2.45, 2.75) is 17.7 Å². The fraction of sp³-hybridized carbons (Fsp3) is 0.600. The lowest BCUT2D eigenvalue weighted by Crippen LogP contribution is -2.48. The number of thiophene rings is 1. The van der Waals surface area contributed by atoms with Crippen LogP contribution in [0.25, 0.3) is 0 Å². The van der Waals surface area contributed by atoms with Crippen molar-refractivity contribution in [3.05, 3.63) is 16.5 Å². The van der Waals surface area contributed by atoms with Gasteiger partial charge in [0.15, 0.2) is 0 Å². The predicted octanol–water partition coefficient (Wildman–Crippen LogP) is 0.0407. The van der Waals surface area contributed by atoms with Crippen molar-refractivity contribution in [1.29, 1.82) is 0 Å². The molecule has 0 bridgehead atoms. The molecule has 1 aromatic heterocycles. The van der Waals surface area contributed by atoms with E-state index < -0.39 is 10.0 Å². The van der Waals surface area contributed by atoms with Gasteiger partial charge in [-0.2, -0.15) is 0 Å². The van der Waals surface area contributed by atoms with Crippen LogP contribution in [-0.2, 0) is 21.3 Å². The quantitative estimate of drug-likeness (QED) is 0.818. The standard InChI is InChI=1S/C10H17N3O3S2/c1-8-6-10(17-9(8)7-11)18(14,15)12-13-2-4-16-5-3-13/h6,12H,2-5,7,11H2,1H3.